The first kappa shape index (κ1) is 30.7. The Morgan fingerprint density at radius 2 is 0.868 bits per heavy atom. The first-order chi connectivity index (χ1) is 26.3. The average Bonchev–Trinajstić information content (AvgIpc) is 3.78. The summed E-state index contributed by atoms with van der Waals surface area (Å²) in [7, 11) is 0. The van der Waals surface area contributed by atoms with Gasteiger partial charge in [0.05, 0.1) is 16.9 Å². The molecule has 0 saturated carbocycles. The van der Waals surface area contributed by atoms with Crippen LogP contribution in [-0.4, -0.2) is 4.57 Å². The standard InChI is InChI=1S/C50H34N2O/c1-4-15-35(16-5-1)37-27-29-39(30-28-37)42-21-10-12-24-45(42)51(41-33-31-38(32-34-41)36-17-6-2-7-18-36)47-26-14-23-44-48-50(53-49(44)47)43-22-11-13-25-46(43)52(48)40-19-8-3-9-20-40/h1-34H. The average molecular weight is 679 g/mol. The second-order valence-corrected chi connectivity index (χ2v) is 13.3. The zero-order chi connectivity index (χ0) is 35.1. The van der Waals surface area contributed by atoms with Crippen molar-refractivity contribution in [3.8, 4) is 39.1 Å². The Morgan fingerprint density at radius 1 is 0.358 bits per heavy atom. The minimum Gasteiger partial charge on any atom is -0.451 e. The van der Waals surface area contributed by atoms with Gasteiger partial charge in [-0.2, -0.15) is 0 Å². The summed E-state index contributed by atoms with van der Waals surface area (Å²) in [6.45, 7) is 0. The molecule has 0 N–H and O–H groups in total. The topological polar surface area (TPSA) is 21.3 Å². The Labute approximate surface area is 308 Å². The van der Waals surface area contributed by atoms with Crippen molar-refractivity contribution in [3.63, 3.8) is 0 Å². The van der Waals surface area contributed by atoms with E-state index in [0.29, 0.717) is 0 Å². The largest absolute Gasteiger partial charge is 0.451 e. The molecular weight excluding hydrogens is 645 g/mol. The van der Waals surface area contributed by atoms with Gasteiger partial charge in [-0.15, -0.1) is 0 Å². The van der Waals surface area contributed by atoms with Crippen molar-refractivity contribution in [2.24, 2.45) is 0 Å². The van der Waals surface area contributed by atoms with Crippen molar-refractivity contribution in [2.75, 3.05) is 4.90 Å². The Hall–Kier alpha value is -7.10. The van der Waals surface area contributed by atoms with Crippen molar-refractivity contribution < 1.29 is 4.42 Å². The van der Waals surface area contributed by atoms with Crippen LogP contribution < -0.4 is 4.90 Å². The molecule has 0 amide bonds. The van der Waals surface area contributed by atoms with E-state index in [1.165, 1.54) is 22.3 Å². The Kier molecular flexibility index (Phi) is 7.47. The van der Waals surface area contributed by atoms with Gasteiger partial charge in [0.2, 0.25) is 0 Å². The Balaban J connectivity index is 1.20. The molecule has 8 aromatic carbocycles. The van der Waals surface area contributed by atoms with Gasteiger partial charge in [0, 0.05) is 27.7 Å². The monoisotopic (exact) mass is 678 g/mol. The lowest BCUT2D eigenvalue weighted by atomic mass is 9.98. The van der Waals surface area contributed by atoms with Crippen LogP contribution >= 0.6 is 0 Å². The maximum atomic E-state index is 7.06. The second kappa shape index (κ2) is 12.9. The molecule has 10 rings (SSSR count). The number of hydrogen-bond acceptors (Lipinski definition) is 2. The van der Waals surface area contributed by atoms with Crippen molar-refractivity contribution in [2.45, 2.75) is 0 Å². The molecule has 0 aliphatic rings. The van der Waals surface area contributed by atoms with Crippen LogP contribution in [0.2, 0.25) is 0 Å². The number of rotatable bonds is 7. The lowest BCUT2D eigenvalue weighted by Gasteiger charge is -2.28. The molecule has 2 heterocycles. The van der Waals surface area contributed by atoms with Gasteiger partial charge in [-0.05, 0) is 82.4 Å². The summed E-state index contributed by atoms with van der Waals surface area (Å²) in [6, 6.07) is 73.1. The minimum atomic E-state index is 0.842. The van der Waals surface area contributed by atoms with Gasteiger partial charge in [0.1, 0.15) is 5.52 Å². The third-order valence-electron chi connectivity index (χ3n) is 10.2. The van der Waals surface area contributed by atoms with Crippen LogP contribution in [-0.2, 0) is 0 Å². The van der Waals surface area contributed by atoms with Gasteiger partial charge < -0.3 is 13.9 Å². The fourth-order valence-electron chi connectivity index (χ4n) is 7.73. The van der Waals surface area contributed by atoms with E-state index in [-0.39, 0.29) is 0 Å². The van der Waals surface area contributed by atoms with E-state index in [4.69, 9.17) is 4.42 Å². The number of para-hydroxylation sites is 4. The van der Waals surface area contributed by atoms with E-state index in [1.54, 1.807) is 0 Å². The molecular formula is C50H34N2O. The number of anilines is 3. The highest BCUT2D eigenvalue weighted by atomic mass is 16.3. The highest BCUT2D eigenvalue weighted by molar-refractivity contribution is 6.19. The zero-order valence-corrected chi connectivity index (χ0v) is 28.9. The smallest absolute Gasteiger partial charge is 0.161 e. The molecule has 0 aliphatic carbocycles. The molecule has 0 unspecified atom stereocenters. The summed E-state index contributed by atoms with van der Waals surface area (Å²) >= 11 is 0. The SMILES string of the molecule is c1ccc(-c2ccc(-c3ccccc3N(c3ccc(-c4ccccc4)cc3)c3cccc4c3oc3c5ccccc5n(-c5ccccc5)c43)cc2)cc1. The van der Waals surface area contributed by atoms with Crippen LogP contribution in [0.5, 0.6) is 0 Å². The van der Waals surface area contributed by atoms with E-state index in [9.17, 15) is 0 Å². The number of hydrogen-bond donors (Lipinski definition) is 0. The highest BCUT2D eigenvalue weighted by Gasteiger charge is 2.25. The van der Waals surface area contributed by atoms with Gasteiger partial charge in [0.15, 0.2) is 11.2 Å². The van der Waals surface area contributed by atoms with Crippen molar-refractivity contribution in [3.05, 3.63) is 206 Å². The third-order valence-corrected chi connectivity index (χ3v) is 10.2. The molecule has 10 aromatic rings. The van der Waals surface area contributed by atoms with Crippen LogP contribution in [0.15, 0.2) is 211 Å². The van der Waals surface area contributed by atoms with E-state index in [0.717, 1.165) is 66.8 Å². The molecule has 2 aromatic heterocycles. The molecule has 0 bridgehead atoms. The van der Waals surface area contributed by atoms with Crippen LogP contribution in [0.1, 0.15) is 0 Å². The molecule has 0 spiro atoms. The molecule has 3 heteroatoms. The molecule has 0 aliphatic heterocycles. The fourth-order valence-corrected chi connectivity index (χ4v) is 7.73. The van der Waals surface area contributed by atoms with E-state index < -0.39 is 0 Å². The van der Waals surface area contributed by atoms with Gasteiger partial charge >= 0.3 is 0 Å². The Bertz CT molecular complexity index is 2850. The molecule has 0 radical (unpaired) electrons. The fraction of sp³-hybridized carbons (Fsp3) is 0. The maximum Gasteiger partial charge on any atom is 0.161 e. The van der Waals surface area contributed by atoms with Crippen LogP contribution in [0.3, 0.4) is 0 Å². The van der Waals surface area contributed by atoms with Gasteiger partial charge in [-0.1, -0.05) is 152 Å². The van der Waals surface area contributed by atoms with Gasteiger partial charge in [-0.25, -0.2) is 0 Å². The van der Waals surface area contributed by atoms with E-state index >= 15 is 0 Å². The lowest BCUT2D eigenvalue weighted by Crippen LogP contribution is -2.11. The minimum absolute atomic E-state index is 0.842. The molecule has 0 fully saturated rings. The predicted molar refractivity (Wildman–Crippen MR) is 222 cm³/mol. The number of furan rings is 1. The number of fused-ring (bicyclic) bond motifs is 5. The Morgan fingerprint density at radius 3 is 1.57 bits per heavy atom. The predicted octanol–water partition coefficient (Wildman–Crippen LogP) is 14.0. The first-order valence-electron chi connectivity index (χ1n) is 18.0. The maximum absolute atomic E-state index is 7.06. The lowest BCUT2D eigenvalue weighted by molar-refractivity contribution is 0.673. The van der Waals surface area contributed by atoms with Crippen LogP contribution in [0.4, 0.5) is 17.1 Å². The normalized spacial score (nSPS) is 11.4. The number of aromatic nitrogens is 1. The molecule has 0 saturated heterocycles. The third kappa shape index (κ3) is 5.30. The molecule has 250 valence electrons. The summed E-state index contributed by atoms with van der Waals surface area (Å²) in [5.41, 5.74) is 15.1. The summed E-state index contributed by atoms with van der Waals surface area (Å²) in [5.74, 6) is 0. The van der Waals surface area contributed by atoms with Crippen LogP contribution in [0, 0.1) is 0 Å². The van der Waals surface area contributed by atoms with Crippen molar-refractivity contribution in [1.82, 2.24) is 4.57 Å². The second-order valence-electron chi connectivity index (χ2n) is 13.3. The summed E-state index contributed by atoms with van der Waals surface area (Å²) in [4.78, 5) is 2.36. The van der Waals surface area contributed by atoms with E-state index in [2.05, 4.69) is 216 Å². The summed E-state index contributed by atoms with van der Waals surface area (Å²) < 4.78 is 9.40. The van der Waals surface area contributed by atoms with Crippen molar-refractivity contribution in [1.29, 1.82) is 0 Å². The first-order valence-corrected chi connectivity index (χ1v) is 18.0. The molecule has 53 heavy (non-hydrogen) atoms. The van der Waals surface area contributed by atoms with E-state index in [1.807, 2.05) is 0 Å². The highest BCUT2D eigenvalue weighted by Crippen LogP contribution is 2.47. The quantitative estimate of drug-likeness (QED) is 0.167. The van der Waals surface area contributed by atoms with Crippen molar-refractivity contribution >= 4 is 50.0 Å². The van der Waals surface area contributed by atoms with Gasteiger partial charge in [0.25, 0.3) is 0 Å². The summed E-state index contributed by atoms with van der Waals surface area (Å²) in [6.07, 6.45) is 0. The summed E-state index contributed by atoms with van der Waals surface area (Å²) in [5, 5.41) is 2.15. The number of nitrogens with zero attached hydrogens (tertiary/aromatic N) is 2. The molecule has 3 nitrogen and oxygen atoms in total. The zero-order valence-electron chi connectivity index (χ0n) is 28.9. The van der Waals surface area contributed by atoms with Crippen LogP contribution in [0.25, 0.3) is 72.0 Å². The molecule has 0 atom stereocenters. The number of benzene rings is 8. The van der Waals surface area contributed by atoms with Gasteiger partial charge in [-0.3, -0.25) is 0 Å².